The molecule has 0 aromatic carbocycles. The van der Waals surface area contributed by atoms with Gasteiger partial charge in [-0.2, -0.15) is 5.10 Å². The van der Waals surface area contributed by atoms with Crippen molar-refractivity contribution < 1.29 is 9.59 Å². The summed E-state index contributed by atoms with van der Waals surface area (Å²) in [7, 11) is 0. The van der Waals surface area contributed by atoms with Crippen molar-refractivity contribution in [3.05, 3.63) is 17.5 Å². The van der Waals surface area contributed by atoms with Crippen molar-refractivity contribution >= 4 is 11.8 Å². The van der Waals surface area contributed by atoms with Gasteiger partial charge in [0.1, 0.15) is 6.04 Å². The minimum atomic E-state index is -0.482. The lowest BCUT2D eigenvalue weighted by atomic mass is 9.87. The van der Waals surface area contributed by atoms with E-state index in [4.69, 9.17) is 0 Å². The van der Waals surface area contributed by atoms with Gasteiger partial charge >= 0.3 is 0 Å². The minimum Gasteiger partial charge on any atom is -0.354 e. The third-order valence-corrected chi connectivity index (χ3v) is 4.92. The summed E-state index contributed by atoms with van der Waals surface area (Å²) in [6.07, 6.45) is 7.38. The number of nitrogens with one attached hydrogen (secondary N) is 2. The second-order valence-electron chi connectivity index (χ2n) is 7.29. The van der Waals surface area contributed by atoms with E-state index in [2.05, 4.69) is 15.7 Å². The highest BCUT2D eigenvalue weighted by molar-refractivity contribution is 5.87. The Labute approximate surface area is 150 Å². The van der Waals surface area contributed by atoms with Crippen LogP contribution in [-0.4, -0.2) is 34.2 Å². The summed E-state index contributed by atoms with van der Waals surface area (Å²) in [5.41, 5.74) is 2.14. The molecule has 1 saturated carbocycles. The average molecular weight is 348 g/mol. The average Bonchev–Trinajstić information content (AvgIpc) is 2.89. The highest BCUT2D eigenvalue weighted by Gasteiger charge is 2.20. The van der Waals surface area contributed by atoms with Gasteiger partial charge in [-0.15, -0.1) is 0 Å². The van der Waals surface area contributed by atoms with Crippen LogP contribution in [0.15, 0.2) is 6.07 Å². The summed E-state index contributed by atoms with van der Waals surface area (Å²) in [5.74, 6) is 0.368. The van der Waals surface area contributed by atoms with E-state index in [0.717, 1.165) is 37.2 Å². The summed E-state index contributed by atoms with van der Waals surface area (Å²) < 4.78 is 1.96. The third-order valence-electron chi connectivity index (χ3n) is 4.92. The maximum absolute atomic E-state index is 12.1. The molecule has 25 heavy (non-hydrogen) atoms. The van der Waals surface area contributed by atoms with E-state index in [1.807, 2.05) is 24.6 Å². The van der Waals surface area contributed by atoms with Crippen LogP contribution in [0.5, 0.6) is 0 Å². The van der Waals surface area contributed by atoms with Crippen molar-refractivity contribution in [2.45, 2.75) is 78.3 Å². The minimum absolute atomic E-state index is 0.00260. The number of amides is 2. The Morgan fingerprint density at radius 3 is 2.64 bits per heavy atom. The van der Waals surface area contributed by atoms with E-state index < -0.39 is 6.04 Å². The molecule has 1 aliphatic carbocycles. The van der Waals surface area contributed by atoms with Gasteiger partial charge in [0.15, 0.2) is 0 Å². The normalized spacial score (nSPS) is 16.4. The first-order valence-electron chi connectivity index (χ1n) is 9.54. The molecule has 2 rings (SSSR count). The largest absolute Gasteiger partial charge is 0.354 e. The standard InChI is InChI=1S/C19H32N4O2/c1-14-12-15(2)23(22-14)11-7-10-20-19(25)16(3)21-18(24)13-17-8-5-4-6-9-17/h12,16-17H,4-11,13H2,1-3H3,(H,20,25)(H,21,24)/t16-/m1/s1. The SMILES string of the molecule is Cc1cc(C)n(CCCNC(=O)[C@@H](C)NC(=O)CC2CCCCC2)n1. The molecule has 0 spiro atoms. The molecule has 0 aliphatic heterocycles. The zero-order valence-electron chi connectivity index (χ0n) is 15.8. The quantitative estimate of drug-likeness (QED) is 0.709. The fourth-order valence-electron chi connectivity index (χ4n) is 3.51. The van der Waals surface area contributed by atoms with Crippen LogP contribution in [0.3, 0.4) is 0 Å². The summed E-state index contributed by atoms with van der Waals surface area (Å²) in [5, 5.41) is 10.1. The van der Waals surface area contributed by atoms with Crippen LogP contribution in [0.2, 0.25) is 0 Å². The van der Waals surface area contributed by atoms with Crippen LogP contribution < -0.4 is 10.6 Å². The van der Waals surface area contributed by atoms with Crippen molar-refractivity contribution in [2.75, 3.05) is 6.54 Å². The van der Waals surface area contributed by atoms with Gasteiger partial charge in [0.2, 0.25) is 11.8 Å². The van der Waals surface area contributed by atoms with Gasteiger partial charge in [0, 0.05) is 25.2 Å². The molecular weight excluding hydrogens is 316 g/mol. The molecule has 1 fully saturated rings. The zero-order valence-corrected chi connectivity index (χ0v) is 15.8. The fraction of sp³-hybridized carbons (Fsp3) is 0.737. The molecular formula is C19H32N4O2. The first-order chi connectivity index (χ1) is 12.0. The molecule has 0 saturated heterocycles. The Hall–Kier alpha value is -1.85. The maximum Gasteiger partial charge on any atom is 0.242 e. The summed E-state index contributed by atoms with van der Waals surface area (Å²) in [6, 6.07) is 1.56. The second kappa shape index (κ2) is 9.59. The monoisotopic (exact) mass is 348 g/mol. The molecule has 2 N–H and O–H groups in total. The van der Waals surface area contributed by atoms with Crippen LogP contribution in [0.1, 0.15) is 63.3 Å². The van der Waals surface area contributed by atoms with Gasteiger partial charge in [-0.25, -0.2) is 0 Å². The molecule has 2 amide bonds. The van der Waals surface area contributed by atoms with Crippen molar-refractivity contribution in [1.82, 2.24) is 20.4 Å². The van der Waals surface area contributed by atoms with E-state index in [-0.39, 0.29) is 11.8 Å². The summed E-state index contributed by atoms with van der Waals surface area (Å²) in [4.78, 5) is 24.2. The molecule has 1 atom stereocenters. The lowest BCUT2D eigenvalue weighted by Crippen LogP contribution is -2.45. The Bertz CT molecular complexity index is 576. The molecule has 1 aromatic rings. The molecule has 6 nitrogen and oxygen atoms in total. The lowest BCUT2D eigenvalue weighted by Gasteiger charge is -2.22. The highest BCUT2D eigenvalue weighted by atomic mass is 16.2. The zero-order chi connectivity index (χ0) is 18.2. The number of hydrogen-bond acceptors (Lipinski definition) is 3. The van der Waals surface area contributed by atoms with E-state index in [0.29, 0.717) is 18.9 Å². The van der Waals surface area contributed by atoms with Crippen LogP contribution in [0, 0.1) is 19.8 Å². The van der Waals surface area contributed by atoms with Gasteiger partial charge in [-0.1, -0.05) is 19.3 Å². The molecule has 1 aromatic heterocycles. The number of carbonyl (C=O) groups is 2. The molecule has 1 heterocycles. The first-order valence-corrected chi connectivity index (χ1v) is 9.54. The maximum atomic E-state index is 12.1. The van der Waals surface area contributed by atoms with Gasteiger partial charge in [0.05, 0.1) is 5.69 Å². The Morgan fingerprint density at radius 2 is 2.00 bits per heavy atom. The highest BCUT2D eigenvalue weighted by Crippen LogP contribution is 2.26. The summed E-state index contributed by atoms with van der Waals surface area (Å²) >= 11 is 0. The van der Waals surface area contributed by atoms with Gasteiger partial charge in [0.25, 0.3) is 0 Å². The van der Waals surface area contributed by atoms with Crippen molar-refractivity contribution in [1.29, 1.82) is 0 Å². The number of hydrogen-bond donors (Lipinski definition) is 2. The number of carbonyl (C=O) groups excluding carboxylic acids is 2. The number of aromatic nitrogens is 2. The molecule has 6 heteroatoms. The molecule has 1 aliphatic rings. The Balaban J connectivity index is 1.62. The smallest absolute Gasteiger partial charge is 0.242 e. The van der Waals surface area contributed by atoms with Gasteiger partial charge < -0.3 is 10.6 Å². The van der Waals surface area contributed by atoms with E-state index in [1.54, 1.807) is 6.92 Å². The van der Waals surface area contributed by atoms with E-state index in [9.17, 15) is 9.59 Å². The van der Waals surface area contributed by atoms with Crippen LogP contribution in [-0.2, 0) is 16.1 Å². The predicted octanol–water partition coefficient (Wildman–Crippen LogP) is 2.48. The summed E-state index contributed by atoms with van der Waals surface area (Å²) in [6.45, 7) is 7.11. The fourth-order valence-corrected chi connectivity index (χ4v) is 3.51. The molecule has 140 valence electrons. The Kier molecular flexibility index (Phi) is 7.47. The number of nitrogens with zero attached hydrogens (tertiary/aromatic N) is 2. The number of rotatable bonds is 8. The van der Waals surface area contributed by atoms with Crippen LogP contribution in [0.25, 0.3) is 0 Å². The first kappa shape index (κ1) is 19.5. The van der Waals surface area contributed by atoms with Crippen molar-refractivity contribution in [2.24, 2.45) is 5.92 Å². The molecule has 0 unspecified atom stereocenters. The lowest BCUT2D eigenvalue weighted by molar-refractivity contribution is -0.129. The van der Waals surface area contributed by atoms with Crippen LogP contribution in [0.4, 0.5) is 0 Å². The van der Waals surface area contributed by atoms with Gasteiger partial charge in [-0.3, -0.25) is 14.3 Å². The topological polar surface area (TPSA) is 76.0 Å². The third kappa shape index (κ3) is 6.52. The Morgan fingerprint density at radius 1 is 1.28 bits per heavy atom. The second-order valence-corrected chi connectivity index (χ2v) is 7.29. The predicted molar refractivity (Wildman–Crippen MR) is 98.1 cm³/mol. The van der Waals surface area contributed by atoms with E-state index >= 15 is 0 Å². The van der Waals surface area contributed by atoms with Crippen LogP contribution >= 0.6 is 0 Å². The molecule has 0 radical (unpaired) electrons. The number of aryl methyl sites for hydroxylation is 3. The van der Waals surface area contributed by atoms with Gasteiger partial charge in [-0.05, 0) is 52.0 Å². The van der Waals surface area contributed by atoms with Crippen molar-refractivity contribution in [3.8, 4) is 0 Å². The van der Waals surface area contributed by atoms with Crippen molar-refractivity contribution in [3.63, 3.8) is 0 Å². The molecule has 0 bridgehead atoms. The van der Waals surface area contributed by atoms with E-state index in [1.165, 1.54) is 19.3 Å².